The Morgan fingerprint density at radius 3 is 2.31 bits per heavy atom. The van der Waals surface area contributed by atoms with E-state index in [9.17, 15) is 8.78 Å². The maximum atomic E-state index is 12.6. The average molecular weight is 226 g/mol. The van der Waals surface area contributed by atoms with E-state index in [0.717, 1.165) is 19.3 Å². The second-order valence-corrected chi connectivity index (χ2v) is 4.26. The SMILES string of the molecule is CCCC(CCCc1ccccc1)C(F)F. The minimum Gasteiger partial charge on any atom is -0.210 e. The second-order valence-electron chi connectivity index (χ2n) is 4.26. The first-order valence-corrected chi connectivity index (χ1v) is 6.06. The van der Waals surface area contributed by atoms with Crippen LogP contribution in [0.5, 0.6) is 0 Å². The lowest BCUT2D eigenvalue weighted by Crippen LogP contribution is -2.11. The summed E-state index contributed by atoms with van der Waals surface area (Å²) in [6, 6.07) is 10.1. The topological polar surface area (TPSA) is 0 Å². The molecule has 0 aliphatic rings. The summed E-state index contributed by atoms with van der Waals surface area (Å²) in [4.78, 5) is 0. The zero-order chi connectivity index (χ0) is 11.8. The minimum absolute atomic E-state index is 0.409. The number of benzene rings is 1. The van der Waals surface area contributed by atoms with Gasteiger partial charge in [-0.05, 0) is 31.2 Å². The number of hydrogen-bond acceptors (Lipinski definition) is 0. The third-order valence-corrected chi connectivity index (χ3v) is 2.90. The van der Waals surface area contributed by atoms with E-state index in [-0.39, 0.29) is 0 Å². The van der Waals surface area contributed by atoms with Gasteiger partial charge in [-0.1, -0.05) is 43.7 Å². The van der Waals surface area contributed by atoms with E-state index in [2.05, 4.69) is 12.1 Å². The molecule has 0 bridgehead atoms. The molecule has 0 N–H and O–H groups in total. The maximum absolute atomic E-state index is 12.6. The molecule has 16 heavy (non-hydrogen) atoms. The van der Waals surface area contributed by atoms with Crippen molar-refractivity contribution in [3.8, 4) is 0 Å². The number of alkyl halides is 2. The lowest BCUT2D eigenvalue weighted by atomic mass is 9.96. The Morgan fingerprint density at radius 1 is 1.06 bits per heavy atom. The van der Waals surface area contributed by atoms with Gasteiger partial charge in [0.25, 0.3) is 0 Å². The fourth-order valence-corrected chi connectivity index (χ4v) is 1.98. The molecule has 0 aromatic heterocycles. The van der Waals surface area contributed by atoms with Crippen molar-refractivity contribution in [2.24, 2.45) is 5.92 Å². The summed E-state index contributed by atoms with van der Waals surface area (Å²) < 4.78 is 25.2. The van der Waals surface area contributed by atoms with E-state index in [1.165, 1.54) is 5.56 Å². The molecule has 0 heterocycles. The van der Waals surface area contributed by atoms with Gasteiger partial charge in [-0.2, -0.15) is 0 Å². The number of halogens is 2. The molecule has 0 radical (unpaired) electrons. The van der Waals surface area contributed by atoms with Crippen LogP contribution in [0, 0.1) is 5.92 Å². The second kappa shape index (κ2) is 7.37. The molecule has 0 saturated carbocycles. The highest BCUT2D eigenvalue weighted by Gasteiger charge is 2.18. The summed E-state index contributed by atoms with van der Waals surface area (Å²) in [7, 11) is 0. The van der Waals surface area contributed by atoms with Crippen molar-refractivity contribution in [3.05, 3.63) is 35.9 Å². The number of aryl methyl sites for hydroxylation is 1. The summed E-state index contributed by atoms with van der Waals surface area (Å²) in [6.07, 6.45) is 1.75. The van der Waals surface area contributed by atoms with Crippen LogP contribution in [0.4, 0.5) is 8.78 Å². The van der Waals surface area contributed by atoms with E-state index >= 15 is 0 Å². The van der Waals surface area contributed by atoms with Crippen molar-refractivity contribution < 1.29 is 8.78 Å². The highest BCUT2D eigenvalue weighted by atomic mass is 19.3. The molecular weight excluding hydrogens is 206 g/mol. The lowest BCUT2D eigenvalue weighted by molar-refractivity contribution is 0.0660. The largest absolute Gasteiger partial charge is 0.241 e. The van der Waals surface area contributed by atoms with Gasteiger partial charge in [-0.15, -0.1) is 0 Å². The van der Waals surface area contributed by atoms with Gasteiger partial charge in [0.1, 0.15) is 0 Å². The van der Waals surface area contributed by atoms with Crippen LogP contribution in [0.1, 0.15) is 38.2 Å². The minimum atomic E-state index is -2.16. The highest BCUT2D eigenvalue weighted by molar-refractivity contribution is 5.14. The first kappa shape index (κ1) is 13.1. The van der Waals surface area contributed by atoms with Crippen LogP contribution in [-0.4, -0.2) is 6.43 Å². The molecule has 2 heteroatoms. The van der Waals surface area contributed by atoms with Crippen molar-refractivity contribution in [2.75, 3.05) is 0 Å². The van der Waals surface area contributed by atoms with E-state index in [1.54, 1.807) is 0 Å². The molecule has 1 aromatic carbocycles. The predicted octanol–water partition coefficient (Wildman–Crippen LogP) is 4.69. The first-order valence-electron chi connectivity index (χ1n) is 6.06. The van der Waals surface area contributed by atoms with Gasteiger partial charge in [0.2, 0.25) is 6.43 Å². The van der Waals surface area contributed by atoms with Gasteiger partial charge >= 0.3 is 0 Å². The van der Waals surface area contributed by atoms with Gasteiger partial charge < -0.3 is 0 Å². The molecule has 0 nitrogen and oxygen atoms in total. The average Bonchev–Trinajstić information content (AvgIpc) is 2.29. The molecule has 0 amide bonds. The van der Waals surface area contributed by atoms with Crippen LogP contribution >= 0.6 is 0 Å². The van der Waals surface area contributed by atoms with E-state index in [0.29, 0.717) is 12.8 Å². The summed E-state index contributed by atoms with van der Waals surface area (Å²) in [5, 5.41) is 0. The molecule has 0 fully saturated rings. The summed E-state index contributed by atoms with van der Waals surface area (Å²) in [6.45, 7) is 1.96. The lowest BCUT2D eigenvalue weighted by Gasteiger charge is -2.14. The molecule has 1 unspecified atom stereocenters. The van der Waals surface area contributed by atoms with Crippen LogP contribution in [0.3, 0.4) is 0 Å². The highest BCUT2D eigenvalue weighted by Crippen LogP contribution is 2.22. The molecule has 0 spiro atoms. The van der Waals surface area contributed by atoms with E-state index < -0.39 is 12.3 Å². The molecular formula is C14H20F2. The molecule has 1 rings (SSSR count). The smallest absolute Gasteiger partial charge is 0.210 e. The van der Waals surface area contributed by atoms with Crippen LogP contribution in [0.15, 0.2) is 30.3 Å². The van der Waals surface area contributed by atoms with Crippen molar-refractivity contribution >= 4 is 0 Å². The van der Waals surface area contributed by atoms with Crippen LogP contribution in [0.25, 0.3) is 0 Å². The third kappa shape index (κ3) is 4.73. The normalized spacial score (nSPS) is 13.0. The molecule has 0 aliphatic carbocycles. The zero-order valence-corrected chi connectivity index (χ0v) is 9.83. The maximum Gasteiger partial charge on any atom is 0.241 e. The Hall–Kier alpha value is -0.920. The molecule has 90 valence electrons. The fraction of sp³-hybridized carbons (Fsp3) is 0.571. The zero-order valence-electron chi connectivity index (χ0n) is 9.83. The summed E-state index contributed by atoms with van der Waals surface area (Å²) in [5.41, 5.74) is 1.24. The van der Waals surface area contributed by atoms with Gasteiger partial charge in [0.15, 0.2) is 0 Å². The first-order chi connectivity index (χ1) is 7.74. The standard InChI is InChI=1S/C14H20F2/c1-2-7-13(14(15)16)11-6-10-12-8-4-3-5-9-12/h3-5,8-9,13-14H,2,6-7,10-11H2,1H3. The third-order valence-electron chi connectivity index (χ3n) is 2.90. The number of rotatable bonds is 7. The molecule has 0 aliphatic heterocycles. The van der Waals surface area contributed by atoms with Crippen LogP contribution < -0.4 is 0 Å². The Balaban J connectivity index is 2.28. The van der Waals surface area contributed by atoms with E-state index in [1.807, 2.05) is 25.1 Å². The van der Waals surface area contributed by atoms with Gasteiger partial charge in [-0.3, -0.25) is 0 Å². The quantitative estimate of drug-likeness (QED) is 0.632. The predicted molar refractivity (Wildman–Crippen MR) is 63.8 cm³/mol. The van der Waals surface area contributed by atoms with Crippen molar-refractivity contribution in [3.63, 3.8) is 0 Å². The van der Waals surface area contributed by atoms with Crippen LogP contribution in [0.2, 0.25) is 0 Å². The Kier molecular flexibility index (Phi) is 6.05. The van der Waals surface area contributed by atoms with Gasteiger partial charge in [-0.25, -0.2) is 8.78 Å². The molecule has 0 saturated heterocycles. The Labute approximate surface area is 96.7 Å². The molecule has 1 aromatic rings. The Bertz CT molecular complexity index is 269. The van der Waals surface area contributed by atoms with Crippen molar-refractivity contribution in [1.29, 1.82) is 0 Å². The van der Waals surface area contributed by atoms with Crippen LogP contribution in [-0.2, 0) is 6.42 Å². The fourth-order valence-electron chi connectivity index (χ4n) is 1.98. The van der Waals surface area contributed by atoms with Crippen molar-refractivity contribution in [2.45, 2.75) is 45.5 Å². The summed E-state index contributed by atoms with van der Waals surface area (Å²) in [5.74, 6) is -0.409. The number of hydrogen-bond donors (Lipinski definition) is 0. The monoisotopic (exact) mass is 226 g/mol. The van der Waals surface area contributed by atoms with Gasteiger partial charge in [0, 0.05) is 5.92 Å². The molecule has 1 atom stereocenters. The van der Waals surface area contributed by atoms with E-state index in [4.69, 9.17) is 0 Å². The van der Waals surface area contributed by atoms with Crippen molar-refractivity contribution in [1.82, 2.24) is 0 Å². The summed E-state index contributed by atoms with van der Waals surface area (Å²) >= 11 is 0. The van der Waals surface area contributed by atoms with Gasteiger partial charge in [0.05, 0.1) is 0 Å². The Morgan fingerprint density at radius 2 is 1.75 bits per heavy atom.